The van der Waals surface area contributed by atoms with Crippen LogP contribution in [0.3, 0.4) is 0 Å². The molecule has 3 rings (SSSR count). The first kappa shape index (κ1) is 25.5. The van der Waals surface area contributed by atoms with Gasteiger partial charge in [-0.3, -0.25) is 4.79 Å². The van der Waals surface area contributed by atoms with E-state index in [0.29, 0.717) is 18.4 Å². The molecule has 0 spiro atoms. The summed E-state index contributed by atoms with van der Waals surface area (Å²) in [6.07, 6.45) is 7.43. The molecule has 0 bridgehead atoms. The van der Waals surface area contributed by atoms with Crippen LogP contribution in [0.2, 0.25) is 0 Å². The molecule has 2 N–H and O–H groups in total. The molecule has 0 radical (unpaired) electrons. The van der Waals surface area contributed by atoms with E-state index in [2.05, 4.69) is 37.6 Å². The minimum atomic E-state index is -0.997. The van der Waals surface area contributed by atoms with Crippen LogP contribution in [0.4, 0.5) is 0 Å². The topological polar surface area (TPSA) is 97.4 Å². The number of rotatable bonds is 13. The number of amides is 1. The summed E-state index contributed by atoms with van der Waals surface area (Å²) in [5.74, 6) is 0.620. The summed E-state index contributed by atoms with van der Waals surface area (Å²) >= 11 is 0. The average Bonchev–Trinajstić information content (AvgIpc) is 3.46. The molecule has 0 fully saturated rings. The molecule has 7 nitrogen and oxygen atoms in total. The highest BCUT2D eigenvalue weighted by atomic mass is 16.4. The molecule has 0 aliphatic heterocycles. The van der Waals surface area contributed by atoms with Crippen molar-refractivity contribution in [3.05, 3.63) is 53.7 Å². The molecule has 1 amide bonds. The van der Waals surface area contributed by atoms with E-state index in [-0.39, 0.29) is 17.9 Å². The van der Waals surface area contributed by atoms with Crippen molar-refractivity contribution in [2.45, 2.75) is 84.7 Å². The molecule has 0 aliphatic carbocycles. The number of fused-ring (bicyclic) bond motifs is 1. The van der Waals surface area contributed by atoms with Gasteiger partial charge in [0.25, 0.3) is 5.91 Å². The maximum Gasteiger partial charge on any atom is 0.326 e. The zero-order chi connectivity index (χ0) is 24.7. The van der Waals surface area contributed by atoms with Crippen molar-refractivity contribution >= 4 is 22.9 Å². The lowest BCUT2D eigenvalue weighted by atomic mass is 9.93. The number of hydrogen-bond acceptors (Lipinski definition) is 4. The third kappa shape index (κ3) is 5.88. The molecule has 2 atom stereocenters. The van der Waals surface area contributed by atoms with Gasteiger partial charge in [-0.05, 0) is 55.5 Å². The van der Waals surface area contributed by atoms with Crippen molar-refractivity contribution in [2.75, 3.05) is 0 Å². The maximum absolute atomic E-state index is 13.0. The number of imidazole rings is 1. The minimum Gasteiger partial charge on any atom is -0.480 e. The second-order valence-corrected chi connectivity index (χ2v) is 8.99. The lowest BCUT2D eigenvalue weighted by molar-refractivity contribution is -0.139. The lowest BCUT2D eigenvalue weighted by Crippen LogP contribution is -2.42. The summed E-state index contributed by atoms with van der Waals surface area (Å²) in [6.45, 7) is 8.47. The molecule has 0 saturated carbocycles. The van der Waals surface area contributed by atoms with Crippen molar-refractivity contribution in [3.8, 4) is 0 Å². The fraction of sp³-hybridized carbons (Fsp3) is 0.519. The van der Waals surface area contributed by atoms with Gasteiger partial charge in [-0.2, -0.15) is 0 Å². The van der Waals surface area contributed by atoms with Crippen molar-refractivity contribution < 1.29 is 19.1 Å². The monoisotopic (exact) mass is 467 g/mol. The van der Waals surface area contributed by atoms with Crippen LogP contribution in [0.1, 0.15) is 94.2 Å². The second-order valence-electron chi connectivity index (χ2n) is 8.99. The number of nitrogens with zero attached hydrogens (tertiary/aromatic N) is 2. The average molecular weight is 468 g/mol. The molecular weight excluding hydrogens is 430 g/mol. The predicted molar refractivity (Wildman–Crippen MR) is 133 cm³/mol. The lowest BCUT2D eigenvalue weighted by Gasteiger charge is -2.20. The van der Waals surface area contributed by atoms with Gasteiger partial charge in [-0.15, -0.1) is 0 Å². The van der Waals surface area contributed by atoms with Crippen LogP contribution >= 0.6 is 0 Å². The fourth-order valence-electron chi connectivity index (χ4n) is 4.74. The largest absolute Gasteiger partial charge is 0.480 e. The van der Waals surface area contributed by atoms with Crippen molar-refractivity contribution in [1.82, 2.24) is 14.9 Å². The van der Waals surface area contributed by atoms with Crippen molar-refractivity contribution in [3.63, 3.8) is 0 Å². The minimum absolute atomic E-state index is 0.272. The Kier molecular flexibility index (Phi) is 8.91. The third-order valence-corrected chi connectivity index (χ3v) is 6.69. The van der Waals surface area contributed by atoms with Gasteiger partial charge in [0, 0.05) is 11.6 Å². The highest BCUT2D eigenvalue weighted by molar-refractivity contribution is 5.99. The SMILES string of the molecule is CCCC(CC)C[C@@H](NC(=O)c1ccc2c(c1)nc(Cc1ccco1)n2C(CC)CC)C(=O)O. The zero-order valence-electron chi connectivity index (χ0n) is 20.7. The first-order chi connectivity index (χ1) is 16.4. The van der Waals surface area contributed by atoms with E-state index in [1.54, 1.807) is 18.4 Å². The standard InChI is InChI=1S/C27H37N3O4/c1-5-10-18(6-2)15-23(27(32)33)29-26(31)19-12-13-24-22(16-19)28-25(17-21-11-9-14-34-21)30(24)20(7-3)8-4/h9,11-14,16,18,20,23H,5-8,10,15,17H2,1-4H3,(H,29,31)(H,32,33)/t18?,23-/m1/s1. The zero-order valence-corrected chi connectivity index (χ0v) is 20.7. The van der Waals surface area contributed by atoms with Gasteiger partial charge in [0.1, 0.15) is 17.6 Å². The molecule has 34 heavy (non-hydrogen) atoms. The molecule has 0 saturated heterocycles. The Labute approximate surface area is 201 Å². The van der Waals surface area contributed by atoms with E-state index >= 15 is 0 Å². The number of carboxylic acids is 1. The molecule has 2 aromatic heterocycles. The quantitative estimate of drug-likeness (QED) is 0.322. The Hall–Kier alpha value is -3.09. The molecule has 7 heteroatoms. The van der Waals surface area contributed by atoms with Gasteiger partial charge in [0.2, 0.25) is 0 Å². The number of hydrogen-bond donors (Lipinski definition) is 2. The number of carbonyl (C=O) groups excluding carboxylic acids is 1. The van der Waals surface area contributed by atoms with Crippen LogP contribution in [-0.4, -0.2) is 32.6 Å². The first-order valence-corrected chi connectivity index (χ1v) is 12.5. The fourth-order valence-corrected chi connectivity index (χ4v) is 4.74. The van der Waals surface area contributed by atoms with Gasteiger partial charge < -0.3 is 19.4 Å². The normalized spacial score (nSPS) is 13.3. The number of furan rings is 1. The van der Waals surface area contributed by atoms with Crippen molar-refractivity contribution in [2.24, 2.45) is 5.92 Å². The van der Waals surface area contributed by atoms with E-state index < -0.39 is 12.0 Å². The Balaban J connectivity index is 1.90. The smallest absolute Gasteiger partial charge is 0.326 e. The van der Waals surface area contributed by atoms with E-state index in [9.17, 15) is 14.7 Å². The predicted octanol–water partition coefficient (Wildman–Crippen LogP) is 5.98. The Morgan fingerprint density at radius 3 is 2.47 bits per heavy atom. The summed E-state index contributed by atoms with van der Waals surface area (Å²) in [5.41, 5.74) is 2.11. The summed E-state index contributed by atoms with van der Waals surface area (Å²) < 4.78 is 7.79. The number of benzene rings is 1. The molecule has 1 unspecified atom stereocenters. The molecule has 184 valence electrons. The molecule has 0 aliphatic rings. The Bertz CT molecular complexity index is 1080. The third-order valence-electron chi connectivity index (χ3n) is 6.69. The van der Waals surface area contributed by atoms with Crippen LogP contribution in [0.25, 0.3) is 11.0 Å². The summed E-state index contributed by atoms with van der Waals surface area (Å²) in [7, 11) is 0. The van der Waals surface area contributed by atoms with Crippen molar-refractivity contribution in [1.29, 1.82) is 0 Å². The second kappa shape index (κ2) is 11.9. The van der Waals surface area contributed by atoms with Gasteiger partial charge in [-0.1, -0.05) is 47.0 Å². The van der Waals surface area contributed by atoms with E-state index in [1.807, 2.05) is 18.2 Å². The van der Waals surface area contributed by atoms with Gasteiger partial charge in [0.15, 0.2) is 0 Å². The summed E-state index contributed by atoms with van der Waals surface area (Å²) in [6, 6.07) is 8.62. The Morgan fingerprint density at radius 2 is 1.88 bits per heavy atom. The summed E-state index contributed by atoms with van der Waals surface area (Å²) in [4.78, 5) is 29.7. The number of aromatic nitrogens is 2. The maximum atomic E-state index is 13.0. The van der Waals surface area contributed by atoms with Crippen LogP contribution in [0.5, 0.6) is 0 Å². The van der Waals surface area contributed by atoms with Crippen LogP contribution in [0, 0.1) is 5.92 Å². The van der Waals surface area contributed by atoms with E-state index in [4.69, 9.17) is 9.40 Å². The number of carbonyl (C=O) groups is 2. The van der Waals surface area contributed by atoms with Crippen LogP contribution in [0.15, 0.2) is 41.0 Å². The summed E-state index contributed by atoms with van der Waals surface area (Å²) in [5, 5.41) is 12.4. The van der Waals surface area contributed by atoms with Gasteiger partial charge in [-0.25, -0.2) is 9.78 Å². The van der Waals surface area contributed by atoms with E-state index in [1.165, 1.54) is 0 Å². The Morgan fingerprint density at radius 1 is 1.12 bits per heavy atom. The number of carboxylic acid groups (broad SMARTS) is 1. The highest BCUT2D eigenvalue weighted by Crippen LogP contribution is 2.28. The first-order valence-electron chi connectivity index (χ1n) is 12.5. The molecule has 1 aromatic carbocycles. The van der Waals surface area contributed by atoms with E-state index in [0.717, 1.165) is 54.7 Å². The van der Waals surface area contributed by atoms with Crippen LogP contribution < -0.4 is 5.32 Å². The number of aliphatic carboxylic acids is 1. The van der Waals surface area contributed by atoms with Gasteiger partial charge >= 0.3 is 5.97 Å². The number of nitrogens with one attached hydrogen (secondary N) is 1. The highest BCUT2D eigenvalue weighted by Gasteiger charge is 2.25. The molecule has 3 aromatic rings. The molecular formula is C27H37N3O4. The molecule has 2 heterocycles. The van der Waals surface area contributed by atoms with Crippen LogP contribution in [-0.2, 0) is 11.2 Å². The van der Waals surface area contributed by atoms with Gasteiger partial charge in [0.05, 0.1) is 23.7 Å².